The van der Waals surface area contributed by atoms with Crippen molar-refractivity contribution in [3.63, 3.8) is 0 Å². The summed E-state index contributed by atoms with van der Waals surface area (Å²) in [6.45, 7) is 5.98. The Balaban J connectivity index is 0.000000138. The zero-order valence-electron chi connectivity index (χ0n) is 39.3. The molecule has 0 spiro atoms. The molecule has 14 rings (SSSR count). The van der Waals surface area contributed by atoms with Gasteiger partial charge in [0.05, 0.1) is 11.4 Å². The summed E-state index contributed by atoms with van der Waals surface area (Å²) >= 11 is 0. The molecule has 14 heteroatoms. The third-order valence-corrected chi connectivity index (χ3v) is 16.5. The lowest BCUT2D eigenvalue weighted by Crippen LogP contribution is -2.47. The fourth-order valence-electron chi connectivity index (χ4n) is 14.5. The van der Waals surface area contributed by atoms with E-state index in [4.69, 9.17) is 5.26 Å². The van der Waals surface area contributed by atoms with Gasteiger partial charge in [0.15, 0.2) is 0 Å². The Morgan fingerprint density at radius 1 is 0.716 bits per heavy atom. The number of carbonyl (C=O) groups is 3. The molecule has 0 unspecified atom stereocenters. The number of hydrogen-bond acceptors (Lipinski definition) is 10. The number of hydrogen-bond donors (Lipinski definition) is 3. The average molecular weight is 917 g/mol. The number of nitrogens with one attached hydrogen (secondary N) is 3. The smallest absolute Gasteiger partial charge is 0.232 e. The van der Waals surface area contributed by atoms with Gasteiger partial charge in [-0.15, -0.1) is 0 Å². The summed E-state index contributed by atoms with van der Waals surface area (Å²) in [6, 6.07) is 19.7. The highest BCUT2D eigenvalue weighted by atomic mass is 28.1. The number of rotatable bonds is 9. The molecule has 2 aromatic carbocycles. The van der Waals surface area contributed by atoms with E-state index in [0.717, 1.165) is 137 Å². The molecular formula is C53H67BN9O3Si. The van der Waals surface area contributed by atoms with E-state index < -0.39 is 0 Å². The van der Waals surface area contributed by atoms with Crippen LogP contribution in [0.4, 0.5) is 11.6 Å². The van der Waals surface area contributed by atoms with Gasteiger partial charge in [0.2, 0.25) is 18.7 Å². The maximum absolute atomic E-state index is 13.1. The van der Waals surface area contributed by atoms with E-state index in [-0.39, 0.29) is 22.6 Å². The Labute approximate surface area is 400 Å². The van der Waals surface area contributed by atoms with Gasteiger partial charge in [-0.05, 0) is 164 Å². The zero-order valence-corrected chi connectivity index (χ0v) is 41.3. The van der Waals surface area contributed by atoms with Crippen molar-refractivity contribution in [2.45, 2.75) is 122 Å². The number of aldehydes is 1. The van der Waals surface area contributed by atoms with E-state index in [1.165, 1.54) is 82.6 Å². The van der Waals surface area contributed by atoms with E-state index in [2.05, 4.69) is 71.1 Å². The van der Waals surface area contributed by atoms with Crippen molar-refractivity contribution in [1.82, 2.24) is 30.2 Å². The molecule has 2 aliphatic heterocycles. The molecular weight excluding hydrogens is 850 g/mol. The van der Waals surface area contributed by atoms with Crippen LogP contribution in [-0.4, -0.2) is 73.0 Å². The minimum absolute atomic E-state index is 0.162. The number of nitriles is 1. The first-order valence-corrected chi connectivity index (χ1v) is 26.2. The monoisotopic (exact) mass is 917 g/mol. The molecule has 67 heavy (non-hydrogen) atoms. The molecule has 10 aliphatic rings. The Hall–Kier alpha value is -5.10. The molecule has 349 valence electrons. The molecule has 0 saturated heterocycles. The van der Waals surface area contributed by atoms with E-state index in [1.807, 2.05) is 24.2 Å². The molecule has 8 aliphatic carbocycles. The number of aromatic nitrogens is 4. The van der Waals surface area contributed by atoms with E-state index in [1.54, 1.807) is 31.7 Å². The lowest BCUT2D eigenvalue weighted by Gasteiger charge is -2.56. The van der Waals surface area contributed by atoms with Crippen LogP contribution in [-0.2, 0) is 42.1 Å². The van der Waals surface area contributed by atoms with Crippen molar-refractivity contribution in [2.75, 3.05) is 23.7 Å². The van der Waals surface area contributed by atoms with Crippen LogP contribution in [0.3, 0.4) is 0 Å². The average Bonchev–Trinajstić information content (AvgIpc) is 3.31. The topological polar surface area (TPSA) is 166 Å². The van der Waals surface area contributed by atoms with Gasteiger partial charge in [-0.1, -0.05) is 60.7 Å². The summed E-state index contributed by atoms with van der Waals surface area (Å²) in [6.07, 6.45) is 23.3. The number of carbonyl (C=O) groups excluding carboxylic acids is 3. The van der Waals surface area contributed by atoms with E-state index in [9.17, 15) is 14.4 Å². The highest BCUT2D eigenvalue weighted by Crippen LogP contribution is 2.62. The first kappa shape index (κ1) is 47.0. The molecule has 2 aromatic heterocycles. The van der Waals surface area contributed by atoms with Crippen molar-refractivity contribution in [3.8, 4) is 5.97 Å². The summed E-state index contributed by atoms with van der Waals surface area (Å²) in [4.78, 5) is 56.1. The van der Waals surface area contributed by atoms with Crippen LogP contribution in [0, 0.1) is 57.6 Å². The second kappa shape index (κ2) is 21.5. The normalized spacial score (nSPS) is 28.9. The van der Waals surface area contributed by atoms with Gasteiger partial charge in [0.1, 0.15) is 30.6 Å². The maximum Gasteiger partial charge on any atom is 0.232 e. The van der Waals surface area contributed by atoms with Crippen LogP contribution in [0.25, 0.3) is 0 Å². The molecule has 3 N–H and O–H groups in total. The molecule has 4 heterocycles. The van der Waals surface area contributed by atoms with Crippen LogP contribution in [0.5, 0.6) is 0 Å². The van der Waals surface area contributed by atoms with Crippen LogP contribution < -0.4 is 16.0 Å². The molecule has 2 amide bonds. The van der Waals surface area contributed by atoms with E-state index in [0.29, 0.717) is 12.8 Å². The predicted octanol–water partition coefficient (Wildman–Crippen LogP) is 7.20. The molecule has 8 bridgehead atoms. The molecule has 1 radical (unpaired) electrons. The first-order valence-electron chi connectivity index (χ1n) is 25.1. The summed E-state index contributed by atoms with van der Waals surface area (Å²) in [5, 5.41) is 17.3. The van der Waals surface area contributed by atoms with Gasteiger partial charge in [-0.25, -0.2) is 25.2 Å². The first-order chi connectivity index (χ1) is 32.7. The van der Waals surface area contributed by atoms with Crippen molar-refractivity contribution in [1.29, 1.82) is 5.26 Å². The fraction of sp³-hybridized carbons (Fsp3) is 0.547. The highest BCUT2D eigenvalue weighted by Gasteiger charge is 2.52. The zero-order chi connectivity index (χ0) is 46.2. The van der Waals surface area contributed by atoms with Crippen molar-refractivity contribution in [2.24, 2.45) is 46.3 Å². The molecule has 8 fully saturated rings. The molecule has 4 aromatic rings. The summed E-state index contributed by atoms with van der Waals surface area (Å²) in [5.41, 5.74) is 6.94. The van der Waals surface area contributed by atoms with E-state index >= 15 is 0 Å². The quantitative estimate of drug-likeness (QED) is 0.116. The van der Waals surface area contributed by atoms with Crippen LogP contribution >= 0.6 is 0 Å². The van der Waals surface area contributed by atoms with Crippen molar-refractivity contribution >= 4 is 46.7 Å². The van der Waals surface area contributed by atoms with Crippen LogP contribution in [0.15, 0.2) is 73.3 Å². The van der Waals surface area contributed by atoms with Gasteiger partial charge in [0.25, 0.3) is 0 Å². The molecule has 12 nitrogen and oxygen atoms in total. The summed E-state index contributed by atoms with van der Waals surface area (Å²) in [7, 11) is 0.904. The summed E-state index contributed by atoms with van der Waals surface area (Å²) in [5.74, 6) is 8.99. The van der Waals surface area contributed by atoms with Crippen molar-refractivity contribution in [3.05, 3.63) is 107 Å². The van der Waals surface area contributed by atoms with Crippen LogP contribution in [0.1, 0.15) is 128 Å². The van der Waals surface area contributed by atoms with Gasteiger partial charge >= 0.3 is 0 Å². The Bertz CT molecular complexity index is 2330. The Kier molecular flexibility index (Phi) is 15.1. The number of nitrogens with zero attached hydrogens (tertiary/aromatic N) is 6. The number of amides is 2. The standard InChI is InChI=1S/C26H32N4O.C19H26N4O.C7H6O.CH3BNSi/c31-24(14-26-11-19-8-20(12-26)10-21(9-19)13-26)29-25-22-6-7-30(16-23(22)27-17-28-25)15-18-4-2-1-3-5-18;24-17(23-18-15-1-2-20-10-16(15)21-11-22-18)9-19-6-12-3-13(7-19)5-14(4-12)8-19;8-6-7-4-2-1-3-5-7;3-1-2-4/h1-5,17,19-21H,6-16H2,(H,27,28,29,31);11-14,20H,1-10H2,(H,21,22,23,24);1-6H;4H3. The molecule has 8 saturated carbocycles. The predicted molar refractivity (Wildman–Crippen MR) is 265 cm³/mol. The number of anilines is 2. The fourth-order valence-corrected chi connectivity index (χ4v) is 14.5. The van der Waals surface area contributed by atoms with Gasteiger partial charge < -0.3 is 16.0 Å². The third-order valence-electron chi connectivity index (χ3n) is 16.2. The maximum atomic E-state index is 13.1. The lowest BCUT2D eigenvalue weighted by molar-refractivity contribution is -0.125. The Morgan fingerprint density at radius 3 is 1.64 bits per heavy atom. The largest absolute Gasteiger partial charge is 0.311 e. The van der Waals surface area contributed by atoms with Crippen LogP contribution in [0.2, 0.25) is 0 Å². The minimum atomic E-state index is 0.162. The molecule has 0 atom stereocenters. The van der Waals surface area contributed by atoms with Gasteiger partial charge in [-0.3, -0.25) is 19.3 Å². The SMILES string of the molecule is N#C[B][SiH3].O=C(CC12CC3CC(CC(C3)C1)C2)Nc1ncnc2c1CCN(Cc1ccccc1)C2.O=C(CC12CC3CC(CC(C3)C1)C2)Nc1ncnc2c1CCNC2.O=Cc1ccccc1. The number of fused-ring (bicyclic) bond motifs is 2. The second-order valence-corrected chi connectivity index (χ2v) is 22.0. The third kappa shape index (κ3) is 11.8. The second-order valence-electron chi connectivity index (χ2n) is 21.4. The minimum Gasteiger partial charge on any atom is -0.311 e. The highest BCUT2D eigenvalue weighted by molar-refractivity contribution is 6.94. The van der Waals surface area contributed by atoms with Gasteiger partial charge in [0, 0.05) is 55.7 Å². The lowest BCUT2D eigenvalue weighted by atomic mass is 9.49. The van der Waals surface area contributed by atoms with Crippen molar-refractivity contribution < 1.29 is 14.4 Å². The Morgan fingerprint density at radius 2 is 1.18 bits per heavy atom. The number of benzene rings is 2. The van der Waals surface area contributed by atoms with Gasteiger partial charge in [-0.2, -0.15) is 0 Å². The summed E-state index contributed by atoms with van der Waals surface area (Å²) < 4.78 is 0.